The lowest BCUT2D eigenvalue weighted by molar-refractivity contribution is -0.140. The highest BCUT2D eigenvalue weighted by atomic mass is 16.6. The van der Waals surface area contributed by atoms with Gasteiger partial charge < -0.3 is 24.4 Å². The zero-order valence-electron chi connectivity index (χ0n) is 12.6. The van der Waals surface area contributed by atoms with Gasteiger partial charge in [0.2, 0.25) is 0 Å². The summed E-state index contributed by atoms with van der Waals surface area (Å²) in [6, 6.07) is 0. The van der Waals surface area contributed by atoms with Gasteiger partial charge in [-0.05, 0) is 13.8 Å². The molecule has 122 valence electrons. The summed E-state index contributed by atoms with van der Waals surface area (Å²) in [5.74, 6) is -1.34. The Morgan fingerprint density at radius 3 is 1.71 bits per heavy atom. The molecule has 0 saturated carbocycles. The van der Waals surface area contributed by atoms with E-state index in [1.165, 1.54) is 6.92 Å². The molecule has 0 atom stereocenters. The van der Waals surface area contributed by atoms with E-state index in [1.54, 1.807) is 6.92 Å². The van der Waals surface area contributed by atoms with Crippen LogP contribution < -0.4 is 0 Å². The largest absolute Gasteiger partial charge is 0.478 e. The number of aliphatic carboxylic acids is 1. The second kappa shape index (κ2) is 14.7. The summed E-state index contributed by atoms with van der Waals surface area (Å²) < 4.78 is 14.8. The van der Waals surface area contributed by atoms with Crippen LogP contribution >= 0.6 is 0 Å². The fourth-order valence-corrected chi connectivity index (χ4v) is 0.703. The first-order valence-corrected chi connectivity index (χ1v) is 6.30. The highest BCUT2D eigenvalue weighted by Crippen LogP contribution is 1.91. The van der Waals surface area contributed by atoms with Crippen LogP contribution in [0.3, 0.4) is 0 Å². The minimum Gasteiger partial charge on any atom is -0.478 e. The van der Waals surface area contributed by atoms with Crippen LogP contribution in [0.15, 0.2) is 24.3 Å². The first-order valence-electron chi connectivity index (χ1n) is 6.30. The smallest absolute Gasteiger partial charge is 0.333 e. The lowest BCUT2D eigenvalue weighted by atomic mass is 10.4. The molecule has 0 aromatic heterocycles. The van der Waals surface area contributed by atoms with E-state index in [0.717, 1.165) is 0 Å². The number of carboxylic acid groups (broad SMARTS) is 1. The van der Waals surface area contributed by atoms with E-state index in [9.17, 15) is 9.59 Å². The van der Waals surface area contributed by atoms with Gasteiger partial charge >= 0.3 is 11.9 Å². The molecule has 0 radical (unpaired) electrons. The number of hydrogen-bond donors (Lipinski definition) is 2. The topological polar surface area (TPSA) is 102 Å². The van der Waals surface area contributed by atoms with Crippen LogP contribution in [-0.4, -0.2) is 61.8 Å². The molecule has 0 aromatic rings. The fourth-order valence-electron chi connectivity index (χ4n) is 0.703. The van der Waals surface area contributed by atoms with Crippen LogP contribution in [0, 0.1) is 0 Å². The maximum absolute atomic E-state index is 10.9. The summed E-state index contributed by atoms with van der Waals surface area (Å²) in [7, 11) is 0. The maximum Gasteiger partial charge on any atom is 0.333 e. The Kier molecular flexibility index (Phi) is 15.1. The van der Waals surface area contributed by atoms with Gasteiger partial charge in [0.1, 0.15) is 6.61 Å². The second-order valence-corrected chi connectivity index (χ2v) is 3.95. The fraction of sp³-hybridized carbons (Fsp3) is 0.571. The van der Waals surface area contributed by atoms with Crippen molar-refractivity contribution in [1.82, 2.24) is 0 Å². The number of carboxylic acids is 1. The number of aliphatic hydroxyl groups is 1. The zero-order valence-corrected chi connectivity index (χ0v) is 12.6. The zero-order chi connectivity index (χ0) is 16.7. The third-order valence-electron chi connectivity index (χ3n) is 1.78. The molecular formula is C14H24O7. The molecule has 0 heterocycles. The first-order chi connectivity index (χ1) is 9.82. The Balaban J connectivity index is 0. The summed E-state index contributed by atoms with van der Waals surface area (Å²) >= 11 is 0. The molecular weight excluding hydrogens is 280 g/mol. The summed E-state index contributed by atoms with van der Waals surface area (Å²) in [5, 5.41) is 16.3. The molecule has 21 heavy (non-hydrogen) atoms. The predicted octanol–water partition coefficient (Wildman–Crippen LogP) is 0.778. The number of ether oxygens (including phenoxy) is 3. The van der Waals surface area contributed by atoms with Crippen LogP contribution in [-0.2, 0) is 23.8 Å². The van der Waals surface area contributed by atoms with E-state index in [0.29, 0.717) is 32.0 Å². The standard InChI is InChI=1S/C10H18O5.C4H6O2/c1-9(2)10(12)15-8-7-14-6-5-13-4-3-11;1-3(2)4(5)6/h11H,1,3-8H2,2H3;1H2,2H3,(H,5,6). The number of carbonyl (C=O) groups is 2. The van der Waals surface area contributed by atoms with E-state index >= 15 is 0 Å². The van der Waals surface area contributed by atoms with Crippen molar-refractivity contribution in [2.45, 2.75) is 13.8 Å². The van der Waals surface area contributed by atoms with E-state index < -0.39 is 11.9 Å². The Morgan fingerprint density at radius 1 is 0.905 bits per heavy atom. The molecule has 0 aliphatic carbocycles. The Hall–Kier alpha value is -1.70. The van der Waals surface area contributed by atoms with E-state index in [1.807, 2.05) is 0 Å². The highest BCUT2D eigenvalue weighted by molar-refractivity contribution is 5.86. The van der Waals surface area contributed by atoms with Crippen LogP contribution in [0.25, 0.3) is 0 Å². The van der Waals surface area contributed by atoms with Gasteiger partial charge in [-0.1, -0.05) is 13.2 Å². The van der Waals surface area contributed by atoms with Gasteiger partial charge in [0.25, 0.3) is 0 Å². The van der Waals surface area contributed by atoms with Gasteiger partial charge in [0.05, 0.1) is 33.0 Å². The number of aliphatic hydroxyl groups excluding tert-OH is 1. The minimum absolute atomic E-state index is 0.0101. The average Bonchev–Trinajstić information content (AvgIpc) is 2.41. The molecule has 2 N–H and O–H groups in total. The van der Waals surface area contributed by atoms with Gasteiger partial charge in [0.15, 0.2) is 0 Å². The molecule has 0 aromatic carbocycles. The van der Waals surface area contributed by atoms with Gasteiger partial charge in [-0.3, -0.25) is 0 Å². The van der Waals surface area contributed by atoms with E-state index in [4.69, 9.17) is 24.4 Å². The van der Waals surface area contributed by atoms with Gasteiger partial charge in [-0.25, -0.2) is 9.59 Å². The maximum atomic E-state index is 10.9. The highest BCUT2D eigenvalue weighted by Gasteiger charge is 2.01. The third-order valence-corrected chi connectivity index (χ3v) is 1.78. The molecule has 0 rings (SSSR count). The van der Waals surface area contributed by atoms with Gasteiger partial charge in [0, 0.05) is 11.1 Å². The third kappa shape index (κ3) is 18.3. The van der Waals surface area contributed by atoms with Crippen LogP contribution in [0.1, 0.15) is 13.8 Å². The SMILES string of the molecule is C=C(C)C(=O)O.C=C(C)C(=O)OCCOCCOCCO. The van der Waals surface area contributed by atoms with Crippen LogP contribution in [0.2, 0.25) is 0 Å². The van der Waals surface area contributed by atoms with Crippen molar-refractivity contribution in [3.8, 4) is 0 Å². The molecule has 0 bridgehead atoms. The normalized spacial score (nSPS) is 9.29. The van der Waals surface area contributed by atoms with Gasteiger partial charge in [-0.2, -0.15) is 0 Å². The Labute approximate surface area is 124 Å². The molecule has 7 nitrogen and oxygen atoms in total. The van der Waals surface area contributed by atoms with Crippen molar-refractivity contribution in [2.75, 3.05) is 39.6 Å². The molecule has 0 unspecified atom stereocenters. The first kappa shape index (κ1) is 21.6. The molecule has 0 saturated heterocycles. The van der Waals surface area contributed by atoms with Gasteiger partial charge in [-0.15, -0.1) is 0 Å². The second-order valence-electron chi connectivity index (χ2n) is 3.95. The number of carbonyl (C=O) groups excluding carboxylic acids is 1. The van der Waals surface area contributed by atoms with Crippen LogP contribution in [0.4, 0.5) is 0 Å². The van der Waals surface area contributed by atoms with E-state index in [-0.39, 0.29) is 18.8 Å². The molecule has 7 heteroatoms. The summed E-state index contributed by atoms with van der Waals surface area (Å²) in [5.41, 5.74) is 0.552. The molecule has 0 aliphatic rings. The lowest BCUT2D eigenvalue weighted by Gasteiger charge is -2.05. The molecule has 0 amide bonds. The monoisotopic (exact) mass is 304 g/mol. The average molecular weight is 304 g/mol. The van der Waals surface area contributed by atoms with Crippen molar-refractivity contribution in [1.29, 1.82) is 0 Å². The Morgan fingerprint density at radius 2 is 1.33 bits per heavy atom. The van der Waals surface area contributed by atoms with E-state index in [2.05, 4.69) is 13.2 Å². The lowest BCUT2D eigenvalue weighted by Crippen LogP contribution is -2.13. The molecule has 0 spiro atoms. The summed E-state index contributed by atoms with van der Waals surface area (Å²) in [6.45, 7) is 11.4. The summed E-state index contributed by atoms with van der Waals surface area (Å²) in [6.07, 6.45) is 0. The van der Waals surface area contributed by atoms with Crippen molar-refractivity contribution in [2.24, 2.45) is 0 Å². The molecule has 0 aliphatic heterocycles. The predicted molar refractivity (Wildman–Crippen MR) is 76.9 cm³/mol. The van der Waals surface area contributed by atoms with Crippen LogP contribution in [0.5, 0.6) is 0 Å². The van der Waals surface area contributed by atoms with Crippen molar-refractivity contribution < 1.29 is 34.0 Å². The van der Waals surface area contributed by atoms with Crippen molar-refractivity contribution in [3.63, 3.8) is 0 Å². The number of rotatable bonds is 10. The quantitative estimate of drug-likeness (QED) is 0.349. The molecule has 0 fully saturated rings. The Bertz CT molecular complexity index is 324. The number of esters is 1. The number of hydrogen-bond acceptors (Lipinski definition) is 6. The minimum atomic E-state index is -0.935. The summed E-state index contributed by atoms with van der Waals surface area (Å²) in [4.78, 5) is 20.5. The van der Waals surface area contributed by atoms with Crippen molar-refractivity contribution >= 4 is 11.9 Å². The van der Waals surface area contributed by atoms with Crippen molar-refractivity contribution in [3.05, 3.63) is 24.3 Å².